The third-order valence-electron chi connectivity index (χ3n) is 2.96. The van der Waals surface area contributed by atoms with E-state index in [9.17, 15) is 0 Å². The first-order valence-corrected chi connectivity index (χ1v) is 6.36. The van der Waals surface area contributed by atoms with E-state index >= 15 is 0 Å². The molecule has 0 bridgehead atoms. The maximum Gasteiger partial charge on any atom is 0.110 e. The van der Waals surface area contributed by atoms with E-state index in [0.29, 0.717) is 12.1 Å². The van der Waals surface area contributed by atoms with Crippen LogP contribution in [-0.2, 0) is 4.74 Å². The van der Waals surface area contributed by atoms with E-state index in [1.54, 1.807) is 0 Å². The Balaban J connectivity index is 2.00. The summed E-state index contributed by atoms with van der Waals surface area (Å²) < 4.78 is 5.51. The Labute approximate surface area is 94.1 Å². The van der Waals surface area contributed by atoms with Crippen LogP contribution < -0.4 is 5.32 Å². The zero-order valence-corrected chi connectivity index (χ0v) is 10.2. The van der Waals surface area contributed by atoms with Gasteiger partial charge in [-0.15, -0.1) is 0 Å². The minimum absolute atomic E-state index is 0.392. The Morgan fingerprint density at radius 3 is 3.00 bits per heavy atom. The van der Waals surface area contributed by atoms with Gasteiger partial charge in [-0.05, 0) is 32.3 Å². The van der Waals surface area contributed by atoms with E-state index in [1.807, 2.05) is 6.26 Å². The highest BCUT2D eigenvalue weighted by molar-refractivity contribution is 4.83. The van der Waals surface area contributed by atoms with Crippen molar-refractivity contribution in [3.8, 4) is 0 Å². The molecule has 1 N–H and O–H groups in total. The van der Waals surface area contributed by atoms with E-state index < -0.39 is 0 Å². The lowest BCUT2D eigenvalue weighted by Crippen LogP contribution is -2.35. The van der Waals surface area contributed by atoms with E-state index in [0.717, 1.165) is 19.4 Å². The lowest BCUT2D eigenvalue weighted by molar-refractivity contribution is 0.119. The van der Waals surface area contributed by atoms with Crippen LogP contribution in [0.25, 0.3) is 0 Å². The van der Waals surface area contributed by atoms with Crippen molar-refractivity contribution in [2.24, 2.45) is 0 Å². The molecule has 1 aliphatic rings. The second-order valence-electron chi connectivity index (χ2n) is 4.51. The third kappa shape index (κ3) is 5.83. The van der Waals surface area contributed by atoms with Crippen LogP contribution in [0.2, 0.25) is 0 Å². The van der Waals surface area contributed by atoms with Gasteiger partial charge in [-0.1, -0.05) is 26.2 Å². The van der Waals surface area contributed by atoms with Gasteiger partial charge in [-0.3, -0.25) is 0 Å². The van der Waals surface area contributed by atoms with Crippen molar-refractivity contribution in [3.05, 3.63) is 12.3 Å². The molecule has 2 atom stereocenters. The summed E-state index contributed by atoms with van der Waals surface area (Å²) in [7, 11) is 0. The molecule has 0 saturated heterocycles. The first kappa shape index (κ1) is 12.6. The predicted molar refractivity (Wildman–Crippen MR) is 64.9 cm³/mol. The van der Waals surface area contributed by atoms with E-state index in [2.05, 4.69) is 25.2 Å². The highest BCUT2D eigenvalue weighted by Gasteiger charge is 2.11. The summed E-state index contributed by atoms with van der Waals surface area (Å²) in [5.74, 6) is 0. The second-order valence-corrected chi connectivity index (χ2v) is 4.51. The van der Waals surface area contributed by atoms with Crippen LogP contribution in [0, 0.1) is 0 Å². The van der Waals surface area contributed by atoms with Crippen LogP contribution >= 0.6 is 0 Å². The van der Waals surface area contributed by atoms with Gasteiger partial charge in [0.2, 0.25) is 0 Å². The van der Waals surface area contributed by atoms with E-state index in [-0.39, 0.29) is 0 Å². The average molecular weight is 211 g/mol. The molecule has 0 radical (unpaired) electrons. The van der Waals surface area contributed by atoms with Gasteiger partial charge >= 0.3 is 0 Å². The van der Waals surface area contributed by atoms with Crippen LogP contribution in [-0.4, -0.2) is 18.7 Å². The number of hydrogen-bond acceptors (Lipinski definition) is 2. The molecule has 2 unspecified atom stereocenters. The molecular weight excluding hydrogens is 186 g/mol. The summed E-state index contributed by atoms with van der Waals surface area (Å²) in [6.45, 7) is 5.52. The largest absolute Gasteiger partial charge is 0.497 e. The van der Waals surface area contributed by atoms with Crippen molar-refractivity contribution in [2.75, 3.05) is 6.54 Å². The molecule has 1 rings (SSSR count). The Kier molecular flexibility index (Phi) is 6.49. The summed E-state index contributed by atoms with van der Waals surface area (Å²) in [4.78, 5) is 0. The first-order chi connectivity index (χ1) is 7.33. The fourth-order valence-corrected chi connectivity index (χ4v) is 1.87. The topological polar surface area (TPSA) is 21.3 Å². The molecule has 15 heavy (non-hydrogen) atoms. The monoisotopic (exact) mass is 211 g/mol. The van der Waals surface area contributed by atoms with Crippen molar-refractivity contribution in [1.82, 2.24) is 5.32 Å². The van der Waals surface area contributed by atoms with Gasteiger partial charge in [0.05, 0.1) is 6.26 Å². The smallest absolute Gasteiger partial charge is 0.110 e. The zero-order valence-electron chi connectivity index (χ0n) is 10.2. The standard InChI is InChI=1S/C13H25NO/c1-3-4-5-8-12(2)14-11-13-9-6-7-10-15-13/h7,10,12-14H,3-6,8-9,11H2,1-2H3. The number of ether oxygens (including phenoxy) is 1. The molecule has 0 aliphatic carbocycles. The summed E-state index contributed by atoms with van der Waals surface area (Å²) in [5, 5.41) is 3.55. The lowest BCUT2D eigenvalue weighted by atomic mass is 10.1. The number of rotatable bonds is 7. The fraction of sp³-hybridized carbons (Fsp3) is 0.846. The molecular formula is C13H25NO. The van der Waals surface area contributed by atoms with Crippen molar-refractivity contribution in [3.63, 3.8) is 0 Å². The van der Waals surface area contributed by atoms with Crippen molar-refractivity contribution < 1.29 is 4.74 Å². The van der Waals surface area contributed by atoms with E-state index in [1.165, 1.54) is 25.7 Å². The predicted octanol–water partition coefficient (Wildman–Crippen LogP) is 3.24. The van der Waals surface area contributed by atoms with Gasteiger partial charge < -0.3 is 10.1 Å². The van der Waals surface area contributed by atoms with Gasteiger partial charge in [0.15, 0.2) is 0 Å². The van der Waals surface area contributed by atoms with Crippen molar-refractivity contribution in [1.29, 1.82) is 0 Å². The third-order valence-corrected chi connectivity index (χ3v) is 2.96. The number of hydrogen-bond donors (Lipinski definition) is 1. The second kappa shape index (κ2) is 7.75. The van der Waals surface area contributed by atoms with Crippen LogP contribution in [0.1, 0.15) is 52.4 Å². The lowest BCUT2D eigenvalue weighted by Gasteiger charge is -2.22. The molecule has 0 fully saturated rings. The molecule has 0 aromatic rings. The van der Waals surface area contributed by atoms with Gasteiger partial charge in [0.25, 0.3) is 0 Å². The normalized spacial score (nSPS) is 22.4. The number of nitrogens with one attached hydrogen (secondary N) is 1. The number of unbranched alkanes of at least 4 members (excludes halogenated alkanes) is 2. The van der Waals surface area contributed by atoms with Crippen molar-refractivity contribution >= 4 is 0 Å². The Hall–Kier alpha value is -0.500. The summed E-state index contributed by atoms with van der Waals surface area (Å²) >= 11 is 0. The Morgan fingerprint density at radius 1 is 1.47 bits per heavy atom. The maximum absolute atomic E-state index is 5.51. The van der Waals surface area contributed by atoms with Crippen LogP contribution in [0.5, 0.6) is 0 Å². The molecule has 0 spiro atoms. The minimum atomic E-state index is 0.392. The quantitative estimate of drug-likeness (QED) is 0.653. The molecule has 1 aliphatic heterocycles. The summed E-state index contributed by atoms with van der Waals surface area (Å²) in [6.07, 6.45) is 12.0. The number of allylic oxidation sites excluding steroid dienone is 1. The fourth-order valence-electron chi connectivity index (χ4n) is 1.87. The maximum atomic E-state index is 5.51. The molecule has 2 heteroatoms. The summed E-state index contributed by atoms with van der Waals surface area (Å²) in [6, 6.07) is 0.631. The highest BCUT2D eigenvalue weighted by Crippen LogP contribution is 2.10. The highest BCUT2D eigenvalue weighted by atomic mass is 16.5. The Morgan fingerprint density at radius 2 is 2.33 bits per heavy atom. The molecule has 2 nitrogen and oxygen atoms in total. The van der Waals surface area contributed by atoms with E-state index in [4.69, 9.17) is 4.74 Å². The molecule has 0 aromatic carbocycles. The SMILES string of the molecule is CCCCCC(C)NCC1CCC=CO1. The van der Waals surface area contributed by atoms with Gasteiger partial charge in [-0.2, -0.15) is 0 Å². The average Bonchev–Trinajstić information content (AvgIpc) is 2.28. The molecule has 88 valence electrons. The van der Waals surface area contributed by atoms with Crippen LogP contribution in [0.15, 0.2) is 12.3 Å². The molecule has 1 heterocycles. The molecule has 0 aromatic heterocycles. The summed E-state index contributed by atoms with van der Waals surface area (Å²) in [5.41, 5.74) is 0. The van der Waals surface area contributed by atoms with Gasteiger partial charge in [0.1, 0.15) is 6.10 Å². The van der Waals surface area contributed by atoms with Crippen molar-refractivity contribution in [2.45, 2.75) is 64.5 Å². The minimum Gasteiger partial charge on any atom is -0.497 e. The first-order valence-electron chi connectivity index (χ1n) is 6.36. The Bertz CT molecular complexity index is 179. The molecule has 0 amide bonds. The van der Waals surface area contributed by atoms with Crippen LogP contribution in [0.4, 0.5) is 0 Å². The van der Waals surface area contributed by atoms with Gasteiger partial charge in [0, 0.05) is 12.6 Å². The van der Waals surface area contributed by atoms with Crippen LogP contribution in [0.3, 0.4) is 0 Å². The van der Waals surface area contributed by atoms with Gasteiger partial charge in [-0.25, -0.2) is 0 Å². The zero-order chi connectivity index (χ0) is 10.9. The molecule has 0 saturated carbocycles.